The minimum atomic E-state index is -3.96. The highest BCUT2D eigenvalue weighted by atomic mass is 32.2. The second kappa shape index (κ2) is 6.79. The summed E-state index contributed by atoms with van der Waals surface area (Å²) in [6, 6.07) is 14.2. The van der Waals surface area contributed by atoms with Crippen molar-refractivity contribution in [3.63, 3.8) is 0 Å². The van der Waals surface area contributed by atoms with Gasteiger partial charge in [0.05, 0.1) is 9.79 Å². The quantitative estimate of drug-likeness (QED) is 0.851. The van der Waals surface area contributed by atoms with E-state index in [1.807, 2.05) is 30.3 Å². The van der Waals surface area contributed by atoms with E-state index in [1.165, 1.54) is 22.5 Å². The molecule has 0 atom stereocenters. The van der Waals surface area contributed by atoms with Crippen LogP contribution in [-0.4, -0.2) is 27.7 Å². The van der Waals surface area contributed by atoms with Crippen LogP contribution in [0.1, 0.15) is 12.5 Å². The molecule has 8 heteroatoms. The average Bonchev–Trinajstić information content (AvgIpc) is 2.52. The zero-order valence-corrected chi connectivity index (χ0v) is 14.2. The second-order valence-electron chi connectivity index (χ2n) is 4.94. The third kappa shape index (κ3) is 4.17. The molecule has 0 aromatic heterocycles. The van der Waals surface area contributed by atoms with E-state index in [0.717, 1.165) is 11.6 Å². The maximum atomic E-state index is 12.7. The number of hydrogen-bond donors (Lipinski definition) is 1. The average molecular weight is 354 g/mol. The summed E-state index contributed by atoms with van der Waals surface area (Å²) in [6.07, 6.45) is 0. The number of rotatable bonds is 6. The summed E-state index contributed by atoms with van der Waals surface area (Å²) in [5, 5.41) is 5.06. The smallest absolute Gasteiger partial charge is 0.225 e. The highest BCUT2D eigenvalue weighted by Gasteiger charge is 2.24. The molecule has 0 heterocycles. The number of benzene rings is 2. The third-order valence-corrected chi connectivity index (χ3v) is 6.15. The summed E-state index contributed by atoms with van der Waals surface area (Å²) in [5.41, 5.74) is 0.848. The first kappa shape index (κ1) is 17.6. The van der Waals surface area contributed by atoms with E-state index in [1.54, 1.807) is 6.92 Å². The standard InChI is InChI=1S/C15H18N2O4S2/c1-2-17(12-13-7-4-3-5-8-13)23(20,21)15-10-6-9-14(11-15)22(16,18)19/h3-11H,2,12H2,1H3,(H2,16,18,19). The lowest BCUT2D eigenvalue weighted by molar-refractivity contribution is 0.423. The van der Waals surface area contributed by atoms with E-state index < -0.39 is 20.0 Å². The maximum absolute atomic E-state index is 12.7. The predicted octanol–water partition coefficient (Wildman–Crippen LogP) is 1.54. The number of sulfonamides is 2. The lowest BCUT2D eigenvalue weighted by Crippen LogP contribution is -2.30. The van der Waals surface area contributed by atoms with E-state index in [4.69, 9.17) is 5.14 Å². The van der Waals surface area contributed by atoms with E-state index in [0.29, 0.717) is 0 Å². The SMILES string of the molecule is CCN(Cc1ccccc1)S(=O)(=O)c1cccc(S(N)(=O)=O)c1. The molecular weight excluding hydrogens is 336 g/mol. The molecule has 0 aliphatic rings. The van der Waals surface area contributed by atoms with Crippen molar-refractivity contribution >= 4 is 20.0 Å². The zero-order valence-electron chi connectivity index (χ0n) is 12.6. The lowest BCUT2D eigenvalue weighted by Gasteiger charge is -2.21. The molecule has 0 aliphatic heterocycles. The Kier molecular flexibility index (Phi) is 5.20. The fourth-order valence-electron chi connectivity index (χ4n) is 2.11. The third-order valence-electron chi connectivity index (χ3n) is 3.33. The first-order valence-electron chi connectivity index (χ1n) is 6.92. The van der Waals surface area contributed by atoms with Crippen LogP contribution >= 0.6 is 0 Å². The summed E-state index contributed by atoms with van der Waals surface area (Å²) in [5.74, 6) is 0. The van der Waals surface area contributed by atoms with Crippen LogP contribution in [0.15, 0.2) is 64.4 Å². The van der Waals surface area contributed by atoms with Crippen molar-refractivity contribution in [3.05, 3.63) is 60.2 Å². The first-order chi connectivity index (χ1) is 10.7. The van der Waals surface area contributed by atoms with Gasteiger partial charge in [0.1, 0.15) is 0 Å². The van der Waals surface area contributed by atoms with Crippen molar-refractivity contribution in [3.8, 4) is 0 Å². The molecule has 2 aromatic carbocycles. The highest BCUT2D eigenvalue weighted by Crippen LogP contribution is 2.20. The summed E-state index contributed by atoms with van der Waals surface area (Å²) in [4.78, 5) is -0.323. The van der Waals surface area contributed by atoms with Crippen LogP contribution in [0.3, 0.4) is 0 Å². The monoisotopic (exact) mass is 354 g/mol. The number of nitrogens with two attached hydrogens (primary N) is 1. The highest BCUT2D eigenvalue weighted by molar-refractivity contribution is 7.90. The molecule has 0 saturated carbocycles. The molecule has 0 fully saturated rings. The van der Waals surface area contributed by atoms with Crippen molar-refractivity contribution < 1.29 is 16.8 Å². The molecule has 0 amide bonds. The Balaban J connectivity index is 2.40. The Hall–Kier alpha value is -1.74. The predicted molar refractivity (Wildman–Crippen MR) is 87.5 cm³/mol. The summed E-state index contributed by atoms with van der Waals surface area (Å²) in [6.45, 7) is 2.19. The van der Waals surface area contributed by atoms with Gasteiger partial charge in [-0.1, -0.05) is 43.3 Å². The maximum Gasteiger partial charge on any atom is 0.243 e. The molecule has 0 radical (unpaired) electrons. The molecule has 2 aromatic rings. The van der Waals surface area contributed by atoms with Gasteiger partial charge in [0.15, 0.2) is 0 Å². The van der Waals surface area contributed by atoms with E-state index >= 15 is 0 Å². The molecule has 0 saturated heterocycles. The minimum Gasteiger partial charge on any atom is -0.225 e. The summed E-state index contributed by atoms with van der Waals surface area (Å²) >= 11 is 0. The van der Waals surface area contributed by atoms with Gasteiger partial charge in [-0.2, -0.15) is 4.31 Å². The molecule has 0 aliphatic carbocycles. The minimum absolute atomic E-state index is 0.0955. The van der Waals surface area contributed by atoms with Crippen molar-refractivity contribution in [1.82, 2.24) is 4.31 Å². The van der Waals surface area contributed by atoms with E-state index in [-0.39, 0.29) is 22.9 Å². The zero-order chi connectivity index (χ0) is 17.1. The molecule has 2 rings (SSSR count). The van der Waals surface area contributed by atoms with Gasteiger partial charge in [0.2, 0.25) is 20.0 Å². The van der Waals surface area contributed by atoms with Crippen molar-refractivity contribution in [1.29, 1.82) is 0 Å². The topological polar surface area (TPSA) is 97.5 Å². The van der Waals surface area contributed by atoms with E-state index in [9.17, 15) is 16.8 Å². The Labute approximate surface area is 136 Å². The van der Waals surface area contributed by atoms with Crippen LogP contribution in [0.25, 0.3) is 0 Å². The van der Waals surface area contributed by atoms with Crippen molar-refractivity contribution in [2.75, 3.05) is 6.54 Å². The number of hydrogen-bond acceptors (Lipinski definition) is 4. The van der Waals surface area contributed by atoms with Gasteiger partial charge in [-0.15, -0.1) is 0 Å². The van der Waals surface area contributed by atoms with Crippen LogP contribution in [0.5, 0.6) is 0 Å². The second-order valence-corrected chi connectivity index (χ2v) is 8.44. The van der Waals surface area contributed by atoms with Crippen molar-refractivity contribution in [2.24, 2.45) is 5.14 Å². The van der Waals surface area contributed by atoms with Gasteiger partial charge >= 0.3 is 0 Å². The van der Waals surface area contributed by atoms with Crippen LogP contribution in [0, 0.1) is 0 Å². The fourth-order valence-corrected chi connectivity index (χ4v) is 4.23. The first-order valence-corrected chi connectivity index (χ1v) is 9.90. The molecule has 0 spiro atoms. The van der Waals surface area contributed by atoms with Gasteiger partial charge in [-0.3, -0.25) is 0 Å². The van der Waals surface area contributed by atoms with E-state index in [2.05, 4.69) is 0 Å². The molecule has 23 heavy (non-hydrogen) atoms. The van der Waals surface area contributed by atoms with Gasteiger partial charge < -0.3 is 0 Å². The van der Waals surface area contributed by atoms with Crippen LogP contribution < -0.4 is 5.14 Å². The van der Waals surface area contributed by atoms with Gasteiger partial charge in [0.25, 0.3) is 0 Å². The molecular formula is C15H18N2O4S2. The van der Waals surface area contributed by atoms with Gasteiger partial charge in [-0.05, 0) is 23.8 Å². The van der Waals surface area contributed by atoms with Crippen molar-refractivity contribution in [2.45, 2.75) is 23.3 Å². The largest absolute Gasteiger partial charge is 0.243 e. The summed E-state index contributed by atoms with van der Waals surface area (Å²) < 4.78 is 49.6. The summed E-state index contributed by atoms with van der Waals surface area (Å²) in [7, 11) is -7.78. The number of primary sulfonamides is 1. The Morgan fingerprint density at radius 2 is 1.52 bits per heavy atom. The fraction of sp³-hybridized carbons (Fsp3) is 0.200. The number of nitrogens with zero attached hydrogens (tertiary/aromatic N) is 1. The molecule has 2 N–H and O–H groups in total. The van der Waals surface area contributed by atoms with Gasteiger partial charge in [0, 0.05) is 13.1 Å². The van der Waals surface area contributed by atoms with Gasteiger partial charge in [-0.25, -0.2) is 22.0 Å². The molecule has 124 valence electrons. The molecule has 0 bridgehead atoms. The van der Waals surface area contributed by atoms with Crippen LogP contribution in [-0.2, 0) is 26.6 Å². The van der Waals surface area contributed by atoms with Crippen LogP contribution in [0.2, 0.25) is 0 Å². The normalized spacial score (nSPS) is 12.5. The molecule has 6 nitrogen and oxygen atoms in total. The van der Waals surface area contributed by atoms with Crippen LogP contribution in [0.4, 0.5) is 0 Å². The molecule has 0 unspecified atom stereocenters. The Morgan fingerprint density at radius 1 is 0.913 bits per heavy atom. The lowest BCUT2D eigenvalue weighted by atomic mass is 10.2. The Bertz CT molecular complexity index is 879. The Morgan fingerprint density at radius 3 is 2.09 bits per heavy atom.